The number of benzene rings is 1. The molecule has 0 spiro atoms. The number of carbonyl (C=O) groups is 2. The van der Waals surface area contributed by atoms with Crippen LogP contribution in [-0.2, 0) is 0 Å². The topological polar surface area (TPSA) is 90.5 Å². The predicted molar refractivity (Wildman–Crippen MR) is 97.1 cm³/mol. The highest BCUT2D eigenvalue weighted by Gasteiger charge is 2.40. The molecule has 1 aromatic carbocycles. The third-order valence-electron chi connectivity index (χ3n) is 4.94. The van der Waals surface area contributed by atoms with Gasteiger partial charge in [0.1, 0.15) is 0 Å². The number of likely N-dealkylation sites (N-methyl/N-ethyl adjacent to an activating group) is 1. The third kappa shape index (κ3) is 3.05. The van der Waals surface area contributed by atoms with E-state index in [0.717, 1.165) is 13.0 Å². The van der Waals surface area contributed by atoms with Crippen molar-refractivity contribution in [2.24, 2.45) is 0 Å². The molecule has 2 saturated heterocycles. The highest BCUT2D eigenvalue weighted by atomic mass is 16.2. The van der Waals surface area contributed by atoms with Crippen LogP contribution in [0.2, 0.25) is 0 Å². The zero-order chi connectivity index (χ0) is 18.1. The van der Waals surface area contributed by atoms with Gasteiger partial charge in [-0.15, -0.1) is 10.2 Å². The van der Waals surface area contributed by atoms with Crippen LogP contribution in [0.25, 0.3) is 0 Å². The second kappa shape index (κ2) is 6.62. The van der Waals surface area contributed by atoms with Crippen molar-refractivity contribution in [1.82, 2.24) is 20.4 Å². The van der Waals surface area contributed by atoms with Crippen LogP contribution in [0, 0.1) is 0 Å². The molecule has 1 aromatic heterocycles. The Labute approximate surface area is 151 Å². The summed E-state index contributed by atoms with van der Waals surface area (Å²) in [6, 6.07) is 13.0. The minimum absolute atomic E-state index is 0.0270. The smallest absolute Gasteiger partial charge is 0.317 e. The van der Waals surface area contributed by atoms with Crippen molar-refractivity contribution < 1.29 is 9.59 Å². The summed E-state index contributed by atoms with van der Waals surface area (Å²) in [6.45, 7) is 1.48. The first-order valence-electron chi connectivity index (χ1n) is 8.60. The average molecular weight is 352 g/mol. The third-order valence-corrected chi connectivity index (χ3v) is 4.94. The van der Waals surface area contributed by atoms with Gasteiger partial charge in [-0.05, 0) is 30.7 Å². The van der Waals surface area contributed by atoms with Gasteiger partial charge in [0.05, 0.1) is 12.1 Å². The minimum atomic E-state index is -0.293. The molecule has 2 aliphatic heterocycles. The van der Waals surface area contributed by atoms with Gasteiger partial charge in [0.25, 0.3) is 5.91 Å². The minimum Gasteiger partial charge on any atom is -0.353 e. The van der Waals surface area contributed by atoms with Crippen LogP contribution in [0.15, 0.2) is 42.5 Å². The molecule has 3 heterocycles. The van der Waals surface area contributed by atoms with E-state index in [-0.39, 0.29) is 29.7 Å². The lowest BCUT2D eigenvalue weighted by molar-refractivity contribution is 0.102. The van der Waals surface area contributed by atoms with Crippen LogP contribution in [0.3, 0.4) is 0 Å². The number of rotatable bonds is 3. The Morgan fingerprint density at radius 2 is 2.00 bits per heavy atom. The largest absolute Gasteiger partial charge is 0.353 e. The van der Waals surface area contributed by atoms with E-state index in [1.54, 1.807) is 17.0 Å². The molecule has 2 fully saturated rings. The Morgan fingerprint density at radius 1 is 1.19 bits per heavy atom. The van der Waals surface area contributed by atoms with E-state index < -0.39 is 0 Å². The molecule has 0 aliphatic carbocycles. The number of hydrogen-bond acceptors (Lipinski definition) is 5. The Morgan fingerprint density at radius 3 is 2.73 bits per heavy atom. The van der Waals surface area contributed by atoms with Gasteiger partial charge in [-0.2, -0.15) is 0 Å². The lowest BCUT2D eigenvalue weighted by Crippen LogP contribution is -2.51. The highest BCUT2D eigenvalue weighted by Crippen LogP contribution is 2.24. The molecule has 8 heteroatoms. The first kappa shape index (κ1) is 16.3. The Balaban J connectivity index is 1.42. The van der Waals surface area contributed by atoms with Gasteiger partial charge in [0, 0.05) is 25.8 Å². The predicted octanol–water partition coefficient (Wildman–Crippen LogP) is 1.33. The van der Waals surface area contributed by atoms with Crippen LogP contribution in [-0.4, -0.2) is 59.3 Å². The average Bonchev–Trinajstić information content (AvgIpc) is 2.96. The first-order chi connectivity index (χ1) is 12.6. The zero-order valence-electron chi connectivity index (χ0n) is 14.4. The number of hydrogen-bond donors (Lipinski definition) is 2. The maximum absolute atomic E-state index is 12.2. The van der Waals surface area contributed by atoms with Crippen molar-refractivity contribution in [2.75, 3.05) is 30.4 Å². The van der Waals surface area contributed by atoms with Crippen LogP contribution >= 0.6 is 0 Å². The summed E-state index contributed by atoms with van der Waals surface area (Å²) in [5, 5.41) is 14.1. The first-order valence-corrected chi connectivity index (χ1v) is 8.60. The normalized spacial score (nSPS) is 22.0. The molecule has 0 unspecified atom stereocenters. The van der Waals surface area contributed by atoms with Gasteiger partial charge in [0.15, 0.2) is 11.5 Å². The standard InChI is InChI=1S/C18H20N6O2/c1-23-15-9-10-24(11-14(15)20-18(23)26)16-8-7-13(21-22-16)17(25)19-12-5-3-2-4-6-12/h2-8,14-15H,9-11H2,1H3,(H,19,25)(H,20,26)/t14-,15+/m1/s1. The molecule has 4 rings (SSSR count). The second-order valence-corrected chi connectivity index (χ2v) is 6.57. The van der Waals surface area contributed by atoms with Gasteiger partial charge in [0.2, 0.25) is 0 Å². The van der Waals surface area contributed by atoms with Crippen molar-refractivity contribution >= 4 is 23.4 Å². The number of nitrogens with one attached hydrogen (secondary N) is 2. The van der Waals surface area contributed by atoms with Crippen molar-refractivity contribution in [2.45, 2.75) is 18.5 Å². The molecule has 0 bridgehead atoms. The van der Waals surface area contributed by atoms with E-state index in [4.69, 9.17) is 0 Å². The quantitative estimate of drug-likeness (QED) is 0.870. The Hall–Kier alpha value is -3.16. The van der Waals surface area contributed by atoms with Gasteiger partial charge in [-0.25, -0.2) is 4.79 Å². The summed E-state index contributed by atoms with van der Waals surface area (Å²) in [6.07, 6.45) is 0.873. The van der Waals surface area contributed by atoms with Gasteiger partial charge < -0.3 is 20.4 Å². The maximum Gasteiger partial charge on any atom is 0.317 e. The lowest BCUT2D eigenvalue weighted by atomic mass is 10.0. The number of carbonyl (C=O) groups excluding carboxylic acids is 2. The van der Waals surface area contributed by atoms with Crippen molar-refractivity contribution in [3.8, 4) is 0 Å². The molecule has 0 saturated carbocycles. The van der Waals surface area contributed by atoms with E-state index in [2.05, 4.69) is 25.7 Å². The molecule has 2 aromatic rings. The van der Waals surface area contributed by atoms with E-state index in [1.807, 2.05) is 37.4 Å². The number of anilines is 2. The molecule has 134 valence electrons. The Bertz CT molecular complexity index is 810. The number of aromatic nitrogens is 2. The molecule has 3 amide bonds. The number of para-hydroxylation sites is 1. The van der Waals surface area contributed by atoms with E-state index >= 15 is 0 Å². The Kier molecular flexibility index (Phi) is 4.16. The van der Waals surface area contributed by atoms with Crippen LogP contribution in [0.5, 0.6) is 0 Å². The lowest BCUT2D eigenvalue weighted by Gasteiger charge is -2.36. The number of nitrogens with zero attached hydrogens (tertiary/aromatic N) is 4. The van der Waals surface area contributed by atoms with Crippen LogP contribution in [0.4, 0.5) is 16.3 Å². The number of urea groups is 1. The van der Waals surface area contributed by atoms with E-state index in [9.17, 15) is 9.59 Å². The number of piperidine rings is 1. The summed E-state index contributed by atoms with van der Waals surface area (Å²) >= 11 is 0. The molecule has 26 heavy (non-hydrogen) atoms. The maximum atomic E-state index is 12.2. The SMILES string of the molecule is CN1C(=O)N[C@@H]2CN(c3ccc(C(=O)Nc4ccccc4)nn3)CC[C@@H]21. The van der Waals surface area contributed by atoms with Gasteiger partial charge >= 0.3 is 6.03 Å². The highest BCUT2D eigenvalue weighted by molar-refractivity contribution is 6.02. The van der Waals surface area contributed by atoms with E-state index in [0.29, 0.717) is 18.1 Å². The van der Waals surface area contributed by atoms with Gasteiger partial charge in [-0.1, -0.05) is 18.2 Å². The van der Waals surface area contributed by atoms with Crippen LogP contribution < -0.4 is 15.5 Å². The van der Waals surface area contributed by atoms with E-state index in [1.165, 1.54) is 0 Å². The molecule has 2 aliphatic rings. The van der Waals surface area contributed by atoms with Gasteiger partial charge in [-0.3, -0.25) is 4.79 Å². The fourth-order valence-corrected chi connectivity index (χ4v) is 3.50. The molecule has 2 N–H and O–H groups in total. The zero-order valence-corrected chi connectivity index (χ0v) is 14.4. The fraction of sp³-hybridized carbons (Fsp3) is 0.333. The second-order valence-electron chi connectivity index (χ2n) is 6.57. The summed E-state index contributed by atoms with van der Waals surface area (Å²) < 4.78 is 0. The molecular weight excluding hydrogens is 332 g/mol. The molecular formula is C18H20N6O2. The summed E-state index contributed by atoms with van der Waals surface area (Å²) in [7, 11) is 1.83. The fourth-order valence-electron chi connectivity index (χ4n) is 3.50. The van der Waals surface area contributed by atoms with Crippen molar-refractivity contribution in [3.05, 3.63) is 48.2 Å². The molecule has 8 nitrogen and oxygen atoms in total. The van der Waals surface area contributed by atoms with Crippen LogP contribution in [0.1, 0.15) is 16.9 Å². The summed E-state index contributed by atoms with van der Waals surface area (Å²) in [4.78, 5) is 27.9. The number of amides is 3. The number of fused-ring (bicyclic) bond motifs is 1. The summed E-state index contributed by atoms with van der Waals surface area (Å²) in [5.74, 6) is 0.419. The summed E-state index contributed by atoms with van der Waals surface area (Å²) in [5.41, 5.74) is 0.980. The van der Waals surface area contributed by atoms with Crippen molar-refractivity contribution in [3.63, 3.8) is 0 Å². The monoisotopic (exact) mass is 352 g/mol. The molecule has 0 radical (unpaired) electrons. The van der Waals surface area contributed by atoms with Crippen molar-refractivity contribution in [1.29, 1.82) is 0 Å². The molecule has 2 atom stereocenters.